The molecule has 17 heavy (non-hydrogen) atoms. The normalized spacial score (nSPS) is 35.6. The summed E-state index contributed by atoms with van der Waals surface area (Å²) >= 11 is 0. The molecular weight excluding hydrogens is 208 g/mol. The van der Waals surface area contributed by atoms with Crippen molar-refractivity contribution >= 4 is 0 Å². The average molecular weight is 238 g/mol. The fourth-order valence-electron chi connectivity index (χ4n) is 3.86. The van der Waals surface area contributed by atoms with Gasteiger partial charge in [0.05, 0.1) is 0 Å². The van der Waals surface area contributed by atoms with Crippen molar-refractivity contribution in [3.05, 3.63) is 0 Å². The highest BCUT2D eigenvalue weighted by Crippen LogP contribution is 2.35. The standard InChI is InChI=1S/C15H30N2/c1-4-17-11-7-8-14(17)12-15(13(2)3)9-5-6-10-16-15/h13-14,16H,4-12H2,1-3H3. The van der Waals surface area contributed by atoms with E-state index in [4.69, 9.17) is 0 Å². The van der Waals surface area contributed by atoms with Crippen molar-refractivity contribution in [2.45, 2.75) is 70.9 Å². The Kier molecular flexibility index (Phi) is 4.48. The zero-order valence-corrected chi connectivity index (χ0v) is 12.0. The fourth-order valence-corrected chi connectivity index (χ4v) is 3.86. The van der Waals surface area contributed by atoms with E-state index in [0.29, 0.717) is 5.54 Å². The fraction of sp³-hybridized carbons (Fsp3) is 1.00. The summed E-state index contributed by atoms with van der Waals surface area (Å²) in [6.07, 6.45) is 8.38. The van der Waals surface area contributed by atoms with Gasteiger partial charge >= 0.3 is 0 Å². The van der Waals surface area contributed by atoms with E-state index in [9.17, 15) is 0 Å². The molecule has 2 saturated heterocycles. The highest BCUT2D eigenvalue weighted by Gasteiger charge is 2.39. The largest absolute Gasteiger partial charge is 0.311 e. The quantitative estimate of drug-likeness (QED) is 0.810. The zero-order valence-electron chi connectivity index (χ0n) is 12.0. The molecule has 0 spiro atoms. The average Bonchev–Trinajstić information content (AvgIpc) is 2.77. The van der Waals surface area contributed by atoms with Gasteiger partial charge in [0.25, 0.3) is 0 Å². The Morgan fingerprint density at radius 2 is 2.12 bits per heavy atom. The van der Waals surface area contributed by atoms with Crippen molar-refractivity contribution in [3.8, 4) is 0 Å². The molecule has 2 unspecified atom stereocenters. The highest BCUT2D eigenvalue weighted by atomic mass is 15.2. The molecule has 0 aromatic heterocycles. The van der Waals surface area contributed by atoms with Gasteiger partial charge in [-0.3, -0.25) is 0 Å². The molecule has 1 N–H and O–H groups in total. The van der Waals surface area contributed by atoms with Gasteiger partial charge in [0, 0.05) is 11.6 Å². The maximum atomic E-state index is 3.88. The van der Waals surface area contributed by atoms with Crippen molar-refractivity contribution < 1.29 is 0 Å². The summed E-state index contributed by atoms with van der Waals surface area (Å²) in [5.41, 5.74) is 0.431. The molecule has 0 aromatic carbocycles. The van der Waals surface area contributed by atoms with Gasteiger partial charge in [-0.05, 0) is 57.7 Å². The Balaban J connectivity index is 2.01. The first-order valence-electron chi connectivity index (χ1n) is 7.67. The van der Waals surface area contributed by atoms with E-state index >= 15 is 0 Å². The smallest absolute Gasteiger partial charge is 0.0219 e. The van der Waals surface area contributed by atoms with E-state index in [2.05, 4.69) is 31.0 Å². The van der Waals surface area contributed by atoms with Crippen LogP contribution in [-0.4, -0.2) is 36.1 Å². The Labute approximate surface area is 107 Å². The molecule has 0 amide bonds. The van der Waals surface area contributed by atoms with Crippen molar-refractivity contribution in [1.29, 1.82) is 0 Å². The van der Waals surface area contributed by atoms with Crippen molar-refractivity contribution in [2.24, 2.45) is 5.92 Å². The number of piperidine rings is 1. The lowest BCUT2D eigenvalue weighted by molar-refractivity contribution is 0.120. The third-order valence-corrected chi connectivity index (χ3v) is 5.14. The molecule has 100 valence electrons. The Hall–Kier alpha value is -0.0800. The van der Waals surface area contributed by atoms with Gasteiger partial charge in [0.1, 0.15) is 0 Å². The van der Waals surface area contributed by atoms with Crippen LogP contribution in [0.2, 0.25) is 0 Å². The Bertz CT molecular complexity index is 231. The molecule has 0 saturated carbocycles. The second-order valence-corrected chi connectivity index (χ2v) is 6.32. The van der Waals surface area contributed by atoms with Gasteiger partial charge in [-0.15, -0.1) is 0 Å². The summed E-state index contributed by atoms with van der Waals surface area (Å²) in [6.45, 7) is 10.9. The van der Waals surface area contributed by atoms with Gasteiger partial charge in [-0.25, -0.2) is 0 Å². The van der Waals surface area contributed by atoms with Gasteiger partial charge in [-0.2, -0.15) is 0 Å². The number of hydrogen-bond acceptors (Lipinski definition) is 2. The monoisotopic (exact) mass is 238 g/mol. The van der Waals surface area contributed by atoms with Crippen LogP contribution in [0.1, 0.15) is 59.3 Å². The van der Waals surface area contributed by atoms with Crippen LogP contribution in [0, 0.1) is 5.92 Å². The first-order chi connectivity index (χ1) is 8.18. The Morgan fingerprint density at radius 1 is 1.29 bits per heavy atom. The second-order valence-electron chi connectivity index (χ2n) is 6.32. The predicted octanol–water partition coefficient (Wildman–Crippen LogP) is 3.03. The molecule has 2 rings (SSSR count). The van der Waals surface area contributed by atoms with Crippen molar-refractivity contribution in [3.63, 3.8) is 0 Å². The van der Waals surface area contributed by atoms with Crippen LogP contribution >= 0.6 is 0 Å². The number of rotatable bonds is 4. The van der Waals surface area contributed by atoms with E-state index in [0.717, 1.165) is 12.0 Å². The second kappa shape index (κ2) is 5.71. The lowest BCUT2D eigenvalue weighted by atomic mass is 9.74. The SMILES string of the molecule is CCN1CCCC1CC1(C(C)C)CCCCN1. The number of likely N-dealkylation sites (tertiary alicyclic amines) is 1. The molecule has 0 aliphatic carbocycles. The summed E-state index contributed by atoms with van der Waals surface area (Å²) in [4.78, 5) is 2.69. The molecule has 2 aliphatic rings. The third-order valence-electron chi connectivity index (χ3n) is 5.14. The van der Waals surface area contributed by atoms with Crippen LogP contribution in [0.25, 0.3) is 0 Å². The van der Waals surface area contributed by atoms with E-state index in [-0.39, 0.29) is 0 Å². The van der Waals surface area contributed by atoms with Crippen LogP contribution in [-0.2, 0) is 0 Å². The first kappa shape index (κ1) is 13.4. The van der Waals surface area contributed by atoms with Crippen molar-refractivity contribution in [1.82, 2.24) is 10.2 Å². The van der Waals surface area contributed by atoms with E-state index in [1.54, 1.807) is 0 Å². The molecule has 0 bridgehead atoms. The minimum atomic E-state index is 0.431. The van der Waals surface area contributed by atoms with Crippen LogP contribution in [0.4, 0.5) is 0 Å². The summed E-state index contributed by atoms with van der Waals surface area (Å²) in [7, 11) is 0. The van der Waals surface area contributed by atoms with E-state index < -0.39 is 0 Å². The van der Waals surface area contributed by atoms with Gasteiger partial charge in [-0.1, -0.05) is 27.2 Å². The molecular formula is C15H30N2. The lowest BCUT2D eigenvalue weighted by Gasteiger charge is -2.45. The lowest BCUT2D eigenvalue weighted by Crippen LogP contribution is -2.55. The van der Waals surface area contributed by atoms with Crippen LogP contribution < -0.4 is 5.32 Å². The van der Waals surface area contributed by atoms with E-state index in [1.165, 1.54) is 58.2 Å². The van der Waals surface area contributed by atoms with Crippen LogP contribution in [0.3, 0.4) is 0 Å². The molecule has 2 fully saturated rings. The Morgan fingerprint density at radius 3 is 2.71 bits per heavy atom. The maximum absolute atomic E-state index is 3.88. The van der Waals surface area contributed by atoms with Crippen LogP contribution in [0.5, 0.6) is 0 Å². The zero-order chi connectivity index (χ0) is 12.3. The molecule has 2 aliphatic heterocycles. The minimum absolute atomic E-state index is 0.431. The van der Waals surface area contributed by atoms with Crippen LogP contribution in [0.15, 0.2) is 0 Å². The van der Waals surface area contributed by atoms with Gasteiger partial charge < -0.3 is 10.2 Å². The molecule has 2 atom stereocenters. The maximum Gasteiger partial charge on any atom is 0.0219 e. The molecule has 2 heterocycles. The predicted molar refractivity (Wildman–Crippen MR) is 74.3 cm³/mol. The molecule has 0 radical (unpaired) electrons. The summed E-state index contributed by atoms with van der Waals surface area (Å²) in [5, 5.41) is 3.88. The molecule has 2 heteroatoms. The third kappa shape index (κ3) is 2.85. The summed E-state index contributed by atoms with van der Waals surface area (Å²) in [5.74, 6) is 0.766. The minimum Gasteiger partial charge on any atom is -0.311 e. The number of nitrogens with zero attached hydrogens (tertiary/aromatic N) is 1. The van der Waals surface area contributed by atoms with E-state index in [1.807, 2.05) is 0 Å². The molecule has 0 aromatic rings. The summed E-state index contributed by atoms with van der Waals surface area (Å²) < 4.78 is 0. The van der Waals surface area contributed by atoms with Crippen molar-refractivity contribution in [2.75, 3.05) is 19.6 Å². The first-order valence-corrected chi connectivity index (χ1v) is 7.67. The summed E-state index contributed by atoms with van der Waals surface area (Å²) in [6, 6.07) is 0.841. The van der Waals surface area contributed by atoms with Gasteiger partial charge in [0.2, 0.25) is 0 Å². The number of nitrogens with one attached hydrogen (secondary N) is 1. The molecule has 2 nitrogen and oxygen atoms in total. The number of hydrogen-bond donors (Lipinski definition) is 1. The van der Waals surface area contributed by atoms with Gasteiger partial charge in [0.15, 0.2) is 0 Å². The topological polar surface area (TPSA) is 15.3 Å². The highest BCUT2D eigenvalue weighted by molar-refractivity contribution is 4.98.